The number of nitrogens with one attached hydrogen (secondary N) is 1. The number of oxazole rings is 1. The van der Waals surface area contributed by atoms with Gasteiger partial charge in [0.25, 0.3) is 0 Å². The molecule has 2 aromatic carbocycles. The number of nitrogens with zero attached hydrogens (tertiary/aromatic N) is 1. The largest absolute Gasteiger partial charge is 0.454 e. The molecule has 0 bridgehead atoms. The van der Waals surface area contributed by atoms with E-state index in [0.717, 1.165) is 11.3 Å². The Labute approximate surface area is 161 Å². The molecule has 6 nitrogen and oxygen atoms in total. The standard InChI is InChI=1S/C20H17ClN2O4/c1-12-16(23-20(27-12)14-4-2-3-5-15(14)21)9-19(24)22-10-13-6-7-17-18(8-13)26-11-25-17/h2-8H,9-11H2,1H3,(H,22,24). The molecule has 7 heteroatoms. The maximum Gasteiger partial charge on any atom is 0.231 e. The first-order valence-corrected chi connectivity index (χ1v) is 8.84. The zero-order valence-corrected chi connectivity index (χ0v) is 15.4. The summed E-state index contributed by atoms with van der Waals surface area (Å²) in [7, 11) is 0. The maximum absolute atomic E-state index is 12.3. The topological polar surface area (TPSA) is 73.6 Å². The monoisotopic (exact) mass is 384 g/mol. The smallest absolute Gasteiger partial charge is 0.231 e. The molecule has 0 aliphatic carbocycles. The van der Waals surface area contributed by atoms with Crippen LogP contribution in [0.1, 0.15) is 17.0 Å². The predicted molar refractivity (Wildman–Crippen MR) is 99.8 cm³/mol. The van der Waals surface area contributed by atoms with Crippen LogP contribution in [-0.2, 0) is 17.8 Å². The molecule has 3 aromatic rings. The Morgan fingerprint density at radius 3 is 2.85 bits per heavy atom. The number of aromatic nitrogens is 1. The third-order valence-electron chi connectivity index (χ3n) is 4.25. The molecule has 4 rings (SSSR count). The lowest BCUT2D eigenvalue weighted by molar-refractivity contribution is -0.120. The third kappa shape index (κ3) is 3.75. The SMILES string of the molecule is Cc1oc(-c2ccccc2Cl)nc1CC(=O)NCc1ccc2c(c1)OCO2. The highest BCUT2D eigenvalue weighted by atomic mass is 35.5. The molecule has 0 unspecified atom stereocenters. The highest BCUT2D eigenvalue weighted by Crippen LogP contribution is 2.32. The molecule has 27 heavy (non-hydrogen) atoms. The average Bonchev–Trinajstić information content (AvgIpc) is 3.27. The summed E-state index contributed by atoms with van der Waals surface area (Å²) in [6.45, 7) is 2.40. The molecular formula is C20H17ClN2O4. The number of ether oxygens (including phenoxy) is 2. The molecule has 0 fully saturated rings. The van der Waals surface area contributed by atoms with Crippen LogP contribution in [0, 0.1) is 6.92 Å². The van der Waals surface area contributed by atoms with Gasteiger partial charge in [-0.15, -0.1) is 0 Å². The van der Waals surface area contributed by atoms with Gasteiger partial charge in [0.05, 0.1) is 22.7 Å². The van der Waals surface area contributed by atoms with Crippen molar-refractivity contribution in [3.05, 3.63) is 64.5 Å². The lowest BCUT2D eigenvalue weighted by Gasteiger charge is -2.05. The summed E-state index contributed by atoms with van der Waals surface area (Å²) in [6.07, 6.45) is 0.129. The van der Waals surface area contributed by atoms with Crippen LogP contribution < -0.4 is 14.8 Å². The highest BCUT2D eigenvalue weighted by molar-refractivity contribution is 6.33. The van der Waals surface area contributed by atoms with Gasteiger partial charge in [-0.2, -0.15) is 0 Å². The molecule has 1 aliphatic rings. The molecule has 0 spiro atoms. The summed E-state index contributed by atoms with van der Waals surface area (Å²) in [5.74, 6) is 2.28. The van der Waals surface area contributed by atoms with Crippen molar-refractivity contribution in [3.63, 3.8) is 0 Å². The molecule has 1 amide bonds. The lowest BCUT2D eigenvalue weighted by atomic mass is 10.2. The van der Waals surface area contributed by atoms with Crippen molar-refractivity contribution in [1.29, 1.82) is 0 Å². The Bertz CT molecular complexity index is 999. The van der Waals surface area contributed by atoms with Gasteiger partial charge in [0.2, 0.25) is 18.6 Å². The van der Waals surface area contributed by atoms with Crippen LogP contribution in [-0.4, -0.2) is 17.7 Å². The van der Waals surface area contributed by atoms with E-state index >= 15 is 0 Å². The van der Waals surface area contributed by atoms with E-state index in [4.69, 9.17) is 25.5 Å². The number of fused-ring (bicyclic) bond motifs is 1. The van der Waals surface area contributed by atoms with Gasteiger partial charge in [0.1, 0.15) is 5.76 Å². The Balaban J connectivity index is 1.40. The maximum atomic E-state index is 12.3. The Morgan fingerprint density at radius 1 is 1.19 bits per heavy atom. The minimum Gasteiger partial charge on any atom is -0.454 e. The van der Waals surface area contributed by atoms with Gasteiger partial charge in [-0.25, -0.2) is 4.98 Å². The number of halogens is 1. The van der Waals surface area contributed by atoms with Gasteiger partial charge >= 0.3 is 0 Å². The Kier molecular flexibility index (Phi) is 4.73. The van der Waals surface area contributed by atoms with Crippen molar-refractivity contribution in [3.8, 4) is 23.0 Å². The second kappa shape index (κ2) is 7.32. The summed E-state index contributed by atoms with van der Waals surface area (Å²) in [6, 6.07) is 12.9. The number of carbonyl (C=O) groups is 1. The fraction of sp³-hybridized carbons (Fsp3) is 0.200. The average molecular weight is 385 g/mol. The van der Waals surface area contributed by atoms with Crippen LogP contribution in [0.15, 0.2) is 46.9 Å². The summed E-state index contributed by atoms with van der Waals surface area (Å²) in [4.78, 5) is 16.7. The van der Waals surface area contributed by atoms with Gasteiger partial charge in [-0.1, -0.05) is 29.8 Å². The van der Waals surface area contributed by atoms with Crippen LogP contribution >= 0.6 is 11.6 Å². The number of benzene rings is 2. The van der Waals surface area contributed by atoms with Crippen LogP contribution in [0.5, 0.6) is 11.5 Å². The number of rotatable bonds is 5. The zero-order valence-electron chi connectivity index (χ0n) is 14.6. The van der Waals surface area contributed by atoms with Gasteiger partial charge in [0.15, 0.2) is 11.5 Å². The molecule has 0 radical (unpaired) electrons. The van der Waals surface area contributed by atoms with Crippen molar-refractivity contribution in [2.45, 2.75) is 19.9 Å². The number of hydrogen-bond acceptors (Lipinski definition) is 5. The number of hydrogen-bond donors (Lipinski definition) is 1. The fourth-order valence-electron chi connectivity index (χ4n) is 2.81. The first kappa shape index (κ1) is 17.4. The van der Waals surface area contributed by atoms with Gasteiger partial charge in [-0.3, -0.25) is 4.79 Å². The summed E-state index contributed by atoms with van der Waals surface area (Å²) < 4.78 is 16.3. The highest BCUT2D eigenvalue weighted by Gasteiger charge is 2.17. The van der Waals surface area contributed by atoms with Crippen molar-refractivity contribution < 1.29 is 18.7 Å². The van der Waals surface area contributed by atoms with Gasteiger partial charge in [-0.05, 0) is 36.8 Å². The van der Waals surface area contributed by atoms with Crippen LogP contribution in [0.4, 0.5) is 0 Å². The predicted octanol–water partition coefficient (Wildman–Crippen LogP) is 3.89. The van der Waals surface area contributed by atoms with Crippen molar-refractivity contribution in [2.24, 2.45) is 0 Å². The second-order valence-electron chi connectivity index (χ2n) is 6.14. The molecule has 2 heterocycles. The van der Waals surface area contributed by atoms with Crippen LogP contribution in [0.3, 0.4) is 0 Å². The Hall–Kier alpha value is -2.99. The third-order valence-corrected chi connectivity index (χ3v) is 4.58. The van der Waals surface area contributed by atoms with E-state index < -0.39 is 0 Å². The normalized spacial score (nSPS) is 12.2. The lowest BCUT2D eigenvalue weighted by Crippen LogP contribution is -2.24. The number of aryl methyl sites for hydroxylation is 1. The van der Waals surface area contributed by atoms with E-state index in [9.17, 15) is 4.79 Å². The first-order chi connectivity index (χ1) is 13.1. The zero-order chi connectivity index (χ0) is 18.8. The second-order valence-corrected chi connectivity index (χ2v) is 6.55. The summed E-state index contributed by atoms with van der Waals surface area (Å²) in [5.41, 5.74) is 2.23. The van der Waals surface area contributed by atoms with E-state index in [1.54, 1.807) is 13.0 Å². The van der Waals surface area contributed by atoms with E-state index in [-0.39, 0.29) is 19.1 Å². The first-order valence-electron chi connectivity index (χ1n) is 8.46. The minimum absolute atomic E-state index is 0.129. The molecule has 1 N–H and O–H groups in total. The van der Waals surface area contributed by atoms with Crippen LogP contribution in [0.2, 0.25) is 5.02 Å². The summed E-state index contributed by atoms with van der Waals surface area (Å²) in [5, 5.41) is 3.44. The summed E-state index contributed by atoms with van der Waals surface area (Å²) >= 11 is 6.19. The van der Waals surface area contributed by atoms with E-state index in [0.29, 0.717) is 40.2 Å². The molecule has 138 valence electrons. The molecule has 0 atom stereocenters. The Morgan fingerprint density at radius 2 is 2.00 bits per heavy atom. The van der Waals surface area contributed by atoms with Crippen molar-refractivity contribution in [2.75, 3.05) is 6.79 Å². The molecule has 1 aliphatic heterocycles. The number of carbonyl (C=O) groups excluding carboxylic acids is 1. The van der Waals surface area contributed by atoms with Crippen molar-refractivity contribution >= 4 is 17.5 Å². The molecular weight excluding hydrogens is 368 g/mol. The van der Waals surface area contributed by atoms with E-state index in [1.807, 2.05) is 36.4 Å². The molecule has 1 aromatic heterocycles. The molecule has 0 saturated heterocycles. The molecule has 0 saturated carbocycles. The van der Waals surface area contributed by atoms with E-state index in [2.05, 4.69) is 10.3 Å². The number of amides is 1. The minimum atomic E-state index is -0.144. The van der Waals surface area contributed by atoms with E-state index in [1.165, 1.54) is 0 Å². The van der Waals surface area contributed by atoms with Crippen LogP contribution in [0.25, 0.3) is 11.5 Å². The van der Waals surface area contributed by atoms with Gasteiger partial charge in [0, 0.05) is 6.54 Å². The van der Waals surface area contributed by atoms with Crippen molar-refractivity contribution in [1.82, 2.24) is 10.3 Å². The fourth-order valence-corrected chi connectivity index (χ4v) is 3.02. The van der Waals surface area contributed by atoms with Gasteiger partial charge < -0.3 is 19.2 Å². The quantitative estimate of drug-likeness (QED) is 0.722.